The van der Waals surface area contributed by atoms with Crippen molar-refractivity contribution in [1.29, 1.82) is 0 Å². The summed E-state index contributed by atoms with van der Waals surface area (Å²) in [5, 5.41) is 0. The van der Waals surface area contributed by atoms with Gasteiger partial charge in [0.15, 0.2) is 5.78 Å². The molecule has 25 heavy (non-hydrogen) atoms. The third-order valence-electron chi connectivity index (χ3n) is 4.77. The van der Waals surface area contributed by atoms with Gasteiger partial charge in [-0.2, -0.15) is 0 Å². The average Bonchev–Trinajstić information content (AvgIpc) is 3.15. The molecular weight excluding hydrogens is 338 g/mol. The van der Waals surface area contributed by atoms with Gasteiger partial charge in [0, 0.05) is 48.2 Å². The molecule has 2 atom stereocenters. The Morgan fingerprint density at radius 2 is 1.84 bits per heavy atom. The third-order valence-corrected chi connectivity index (χ3v) is 4.77. The number of aromatic nitrogens is 1. The van der Waals surface area contributed by atoms with Gasteiger partial charge in [0.25, 0.3) is 5.91 Å². The van der Waals surface area contributed by atoms with E-state index in [-0.39, 0.29) is 30.1 Å². The summed E-state index contributed by atoms with van der Waals surface area (Å²) in [4.78, 5) is 29.8. The van der Waals surface area contributed by atoms with Crippen molar-refractivity contribution in [2.75, 3.05) is 13.1 Å². The van der Waals surface area contributed by atoms with Gasteiger partial charge in [-0.05, 0) is 37.0 Å². The maximum Gasteiger partial charge on any atom is 0.254 e. The number of amides is 1. The van der Waals surface area contributed by atoms with Crippen molar-refractivity contribution in [3.63, 3.8) is 0 Å². The molecule has 2 unspecified atom stereocenters. The van der Waals surface area contributed by atoms with Crippen LogP contribution in [0.25, 0.3) is 0 Å². The SMILES string of the molecule is CC1CCN(C(=O)c2ccc(C(=O)c3cc[nH]c3)cc2)C(CN)C1.Cl. The fourth-order valence-corrected chi connectivity index (χ4v) is 3.30. The highest BCUT2D eigenvalue weighted by molar-refractivity contribution is 6.09. The molecule has 6 heteroatoms. The summed E-state index contributed by atoms with van der Waals surface area (Å²) in [5.74, 6) is 0.545. The molecule has 1 aliphatic heterocycles. The smallest absolute Gasteiger partial charge is 0.254 e. The molecule has 5 nitrogen and oxygen atoms in total. The molecule has 1 amide bonds. The molecule has 0 spiro atoms. The van der Waals surface area contributed by atoms with Gasteiger partial charge in [0.1, 0.15) is 0 Å². The molecular formula is C19H24ClN3O2. The standard InChI is InChI=1S/C19H23N3O2.ClH/c1-13-7-9-22(17(10-13)11-20)19(24)15-4-2-14(3-5-15)18(23)16-6-8-21-12-16;/h2-6,8,12-13,17,21H,7,9-11,20H2,1H3;1H. The van der Waals surface area contributed by atoms with Gasteiger partial charge >= 0.3 is 0 Å². The van der Waals surface area contributed by atoms with Crippen LogP contribution < -0.4 is 5.73 Å². The van der Waals surface area contributed by atoms with E-state index in [2.05, 4.69) is 11.9 Å². The van der Waals surface area contributed by atoms with Crippen LogP contribution in [-0.4, -0.2) is 40.7 Å². The number of H-pyrrole nitrogens is 1. The first kappa shape index (κ1) is 19.2. The Labute approximate surface area is 154 Å². The van der Waals surface area contributed by atoms with Crippen molar-refractivity contribution >= 4 is 24.1 Å². The van der Waals surface area contributed by atoms with Crippen LogP contribution in [0.3, 0.4) is 0 Å². The molecule has 2 heterocycles. The Morgan fingerprint density at radius 3 is 2.44 bits per heavy atom. The van der Waals surface area contributed by atoms with Gasteiger partial charge in [-0.3, -0.25) is 9.59 Å². The number of carbonyl (C=O) groups excluding carboxylic acids is 2. The van der Waals surface area contributed by atoms with Crippen molar-refractivity contribution in [1.82, 2.24) is 9.88 Å². The van der Waals surface area contributed by atoms with E-state index in [4.69, 9.17) is 5.73 Å². The molecule has 3 rings (SSSR count). The number of hydrogen-bond acceptors (Lipinski definition) is 3. The first-order chi connectivity index (χ1) is 11.6. The molecule has 0 radical (unpaired) electrons. The van der Waals surface area contributed by atoms with Crippen molar-refractivity contribution < 1.29 is 9.59 Å². The molecule has 1 aromatic heterocycles. The Balaban J connectivity index is 0.00000225. The molecule has 3 N–H and O–H groups in total. The van der Waals surface area contributed by atoms with E-state index < -0.39 is 0 Å². The molecule has 134 valence electrons. The second-order valence-electron chi connectivity index (χ2n) is 6.52. The zero-order chi connectivity index (χ0) is 17.1. The predicted octanol–water partition coefficient (Wildman–Crippen LogP) is 2.87. The lowest BCUT2D eigenvalue weighted by atomic mass is 9.91. The van der Waals surface area contributed by atoms with Crippen LogP contribution in [0.5, 0.6) is 0 Å². The summed E-state index contributed by atoms with van der Waals surface area (Å²) in [5.41, 5.74) is 7.64. The highest BCUT2D eigenvalue weighted by Gasteiger charge is 2.29. The molecule has 1 aliphatic rings. The predicted molar refractivity (Wildman–Crippen MR) is 100 cm³/mol. The molecule has 1 fully saturated rings. The highest BCUT2D eigenvalue weighted by atomic mass is 35.5. The molecule has 0 saturated carbocycles. The summed E-state index contributed by atoms with van der Waals surface area (Å²) in [6, 6.07) is 8.73. The van der Waals surface area contributed by atoms with Crippen LogP contribution >= 0.6 is 12.4 Å². The lowest BCUT2D eigenvalue weighted by molar-refractivity contribution is 0.0573. The van der Waals surface area contributed by atoms with Crippen LogP contribution in [0.15, 0.2) is 42.7 Å². The molecule has 2 aromatic rings. The number of nitrogens with two attached hydrogens (primary N) is 1. The minimum Gasteiger partial charge on any atom is -0.367 e. The number of likely N-dealkylation sites (tertiary alicyclic amines) is 1. The number of benzene rings is 1. The van der Waals surface area contributed by atoms with Crippen LogP contribution in [0.1, 0.15) is 46.0 Å². The zero-order valence-corrected chi connectivity index (χ0v) is 15.1. The Hall–Kier alpha value is -2.11. The molecule has 0 aliphatic carbocycles. The fraction of sp³-hybridized carbons (Fsp3) is 0.368. The first-order valence-corrected chi connectivity index (χ1v) is 8.38. The average molecular weight is 362 g/mol. The maximum atomic E-state index is 12.8. The molecule has 1 aromatic carbocycles. The first-order valence-electron chi connectivity index (χ1n) is 8.38. The summed E-state index contributed by atoms with van der Waals surface area (Å²) in [6.45, 7) is 3.43. The van der Waals surface area contributed by atoms with Crippen LogP contribution in [-0.2, 0) is 0 Å². The van der Waals surface area contributed by atoms with Crippen molar-refractivity contribution in [2.45, 2.75) is 25.8 Å². The normalized spacial score (nSPS) is 20.0. The highest BCUT2D eigenvalue weighted by Crippen LogP contribution is 2.24. The van der Waals surface area contributed by atoms with Crippen LogP contribution in [0, 0.1) is 5.92 Å². The van der Waals surface area contributed by atoms with E-state index in [1.54, 1.807) is 42.7 Å². The lowest BCUT2D eigenvalue weighted by Gasteiger charge is -2.38. The Morgan fingerprint density at radius 1 is 1.16 bits per heavy atom. The minimum atomic E-state index is -0.0538. The molecule has 0 bridgehead atoms. The Kier molecular flexibility index (Phi) is 6.39. The monoisotopic (exact) mass is 361 g/mol. The van der Waals surface area contributed by atoms with Crippen molar-refractivity contribution in [3.05, 3.63) is 59.4 Å². The number of nitrogens with zero attached hydrogens (tertiary/aromatic N) is 1. The van der Waals surface area contributed by atoms with Gasteiger partial charge < -0.3 is 15.6 Å². The summed E-state index contributed by atoms with van der Waals surface area (Å²) in [7, 11) is 0. The van der Waals surface area contributed by atoms with Gasteiger partial charge in [0.2, 0.25) is 0 Å². The number of aromatic amines is 1. The largest absolute Gasteiger partial charge is 0.367 e. The van der Waals surface area contributed by atoms with E-state index in [1.807, 2.05) is 4.90 Å². The van der Waals surface area contributed by atoms with Gasteiger partial charge in [0.05, 0.1) is 0 Å². The summed E-state index contributed by atoms with van der Waals surface area (Å²) >= 11 is 0. The van der Waals surface area contributed by atoms with Crippen LogP contribution in [0.2, 0.25) is 0 Å². The quantitative estimate of drug-likeness (QED) is 0.822. The molecule has 1 saturated heterocycles. The minimum absolute atomic E-state index is 0. The third kappa shape index (κ3) is 4.11. The van der Waals surface area contributed by atoms with E-state index >= 15 is 0 Å². The summed E-state index contributed by atoms with van der Waals surface area (Å²) in [6.07, 6.45) is 5.34. The van der Waals surface area contributed by atoms with E-state index in [0.717, 1.165) is 19.4 Å². The number of carbonyl (C=O) groups is 2. The number of rotatable bonds is 4. The van der Waals surface area contributed by atoms with Gasteiger partial charge in [-0.1, -0.05) is 19.1 Å². The van der Waals surface area contributed by atoms with Crippen LogP contribution in [0.4, 0.5) is 0 Å². The second kappa shape index (κ2) is 8.32. The second-order valence-corrected chi connectivity index (χ2v) is 6.52. The van der Waals surface area contributed by atoms with E-state index in [0.29, 0.717) is 29.2 Å². The van der Waals surface area contributed by atoms with Gasteiger partial charge in [-0.25, -0.2) is 0 Å². The zero-order valence-electron chi connectivity index (χ0n) is 14.3. The maximum absolute atomic E-state index is 12.8. The summed E-state index contributed by atoms with van der Waals surface area (Å²) < 4.78 is 0. The topological polar surface area (TPSA) is 79.2 Å². The number of nitrogens with one attached hydrogen (secondary N) is 1. The fourth-order valence-electron chi connectivity index (χ4n) is 3.30. The van der Waals surface area contributed by atoms with E-state index in [1.165, 1.54) is 0 Å². The number of halogens is 1. The number of piperidine rings is 1. The number of ketones is 1. The lowest BCUT2D eigenvalue weighted by Crippen LogP contribution is -2.49. The Bertz CT molecular complexity index is 713. The van der Waals surface area contributed by atoms with E-state index in [9.17, 15) is 9.59 Å². The number of hydrogen-bond donors (Lipinski definition) is 2. The van der Waals surface area contributed by atoms with Crippen molar-refractivity contribution in [2.24, 2.45) is 11.7 Å². The van der Waals surface area contributed by atoms with Gasteiger partial charge in [-0.15, -0.1) is 12.4 Å². The van der Waals surface area contributed by atoms with Crippen molar-refractivity contribution in [3.8, 4) is 0 Å².